The molecule has 0 heterocycles. The third-order valence-corrected chi connectivity index (χ3v) is 3.93. The predicted octanol–water partition coefficient (Wildman–Crippen LogP) is 4.73. The third kappa shape index (κ3) is 3.54. The maximum Gasteiger partial charge on any atom is 0.283 e. The van der Waals surface area contributed by atoms with Gasteiger partial charge in [-0.2, -0.15) is 0 Å². The van der Waals surface area contributed by atoms with E-state index in [0.29, 0.717) is 11.0 Å². The molecule has 0 fully saturated rings. The Labute approximate surface area is 127 Å². The van der Waals surface area contributed by atoms with E-state index in [1.165, 1.54) is 0 Å². The maximum atomic E-state index is 10.8. The van der Waals surface area contributed by atoms with Gasteiger partial charge in [0.1, 0.15) is 0 Å². The van der Waals surface area contributed by atoms with Gasteiger partial charge < -0.3 is 5.32 Å². The molecule has 0 spiro atoms. The number of nitro groups is 1. The lowest BCUT2D eigenvalue weighted by Crippen LogP contribution is -2.01. The largest absolute Gasteiger partial charge is 0.380 e. The minimum Gasteiger partial charge on any atom is -0.380 e. The van der Waals surface area contributed by atoms with Crippen molar-refractivity contribution in [1.82, 2.24) is 0 Å². The number of nitrogens with zero attached hydrogens (tertiary/aromatic N) is 1. The van der Waals surface area contributed by atoms with Crippen LogP contribution in [-0.4, -0.2) is 4.92 Å². The van der Waals surface area contributed by atoms with Gasteiger partial charge in [0.25, 0.3) is 5.69 Å². The summed E-state index contributed by atoms with van der Waals surface area (Å²) in [5, 5.41) is 14.1. The van der Waals surface area contributed by atoms with E-state index in [1.54, 1.807) is 12.1 Å². The van der Waals surface area contributed by atoms with Gasteiger partial charge in [-0.15, -0.1) is 0 Å². The number of hydrogen-bond acceptors (Lipinski definition) is 3. The summed E-state index contributed by atoms with van der Waals surface area (Å²) in [5.74, 6) is 0. The van der Waals surface area contributed by atoms with Crippen molar-refractivity contribution in [1.29, 1.82) is 0 Å². The van der Waals surface area contributed by atoms with Crippen molar-refractivity contribution in [2.45, 2.75) is 6.54 Å². The van der Waals surface area contributed by atoms with Crippen molar-refractivity contribution in [2.24, 2.45) is 0 Å². The molecule has 0 atom stereocenters. The lowest BCUT2D eigenvalue weighted by molar-refractivity contribution is -0.385. The van der Waals surface area contributed by atoms with Crippen LogP contribution in [0.3, 0.4) is 0 Å². The molecule has 19 heavy (non-hydrogen) atoms. The van der Waals surface area contributed by atoms with Gasteiger partial charge >= 0.3 is 0 Å². The molecule has 0 aliphatic carbocycles. The topological polar surface area (TPSA) is 55.2 Å². The van der Waals surface area contributed by atoms with Gasteiger partial charge in [0.2, 0.25) is 0 Å². The second-order valence-electron chi connectivity index (χ2n) is 3.88. The van der Waals surface area contributed by atoms with Crippen molar-refractivity contribution in [3.05, 3.63) is 67.1 Å². The molecule has 0 aliphatic rings. The average Bonchev–Trinajstić information content (AvgIpc) is 2.39. The molecule has 0 saturated carbocycles. The van der Waals surface area contributed by atoms with Crippen LogP contribution in [0.4, 0.5) is 11.4 Å². The number of hydrogen-bond donors (Lipinski definition) is 1. The van der Waals surface area contributed by atoms with Gasteiger partial charge in [-0.3, -0.25) is 10.1 Å². The SMILES string of the molecule is O=[N+]([O-])c1cc(CNc2ccccc2Br)ccc1Br. The summed E-state index contributed by atoms with van der Waals surface area (Å²) in [4.78, 5) is 10.5. The summed E-state index contributed by atoms with van der Waals surface area (Å²) in [6, 6.07) is 12.8. The summed E-state index contributed by atoms with van der Waals surface area (Å²) in [5.41, 5.74) is 1.88. The molecule has 0 radical (unpaired) electrons. The van der Waals surface area contributed by atoms with Crippen LogP contribution in [0.1, 0.15) is 5.56 Å². The summed E-state index contributed by atoms with van der Waals surface area (Å²) in [6.07, 6.45) is 0. The van der Waals surface area contributed by atoms with Crippen LogP contribution in [0.2, 0.25) is 0 Å². The number of halogens is 2. The Morgan fingerprint density at radius 3 is 2.53 bits per heavy atom. The third-order valence-electron chi connectivity index (χ3n) is 2.56. The molecule has 2 rings (SSSR count). The lowest BCUT2D eigenvalue weighted by atomic mass is 10.2. The van der Waals surface area contributed by atoms with E-state index >= 15 is 0 Å². The number of nitro benzene ring substituents is 1. The van der Waals surface area contributed by atoms with Gasteiger partial charge in [0.05, 0.1) is 9.40 Å². The van der Waals surface area contributed by atoms with Crippen molar-refractivity contribution in [3.8, 4) is 0 Å². The maximum absolute atomic E-state index is 10.8. The molecule has 0 amide bonds. The smallest absolute Gasteiger partial charge is 0.283 e. The molecule has 6 heteroatoms. The highest BCUT2D eigenvalue weighted by molar-refractivity contribution is 9.11. The molecular weight excluding hydrogens is 376 g/mol. The molecule has 0 aliphatic heterocycles. The van der Waals surface area contributed by atoms with Gasteiger partial charge in [0.15, 0.2) is 0 Å². The van der Waals surface area contributed by atoms with Gasteiger partial charge in [-0.25, -0.2) is 0 Å². The van der Waals surface area contributed by atoms with Crippen molar-refractivity contribution < 1.29 is 4.92 Å². The first-order valence-corrected chi connectivity index (χ1v) is 7.08. The Hall–Kier alpha value is -1.40. The van der Waals surface area contributed by atoms with E-state index in [2.05, 4.69) is 37.2 Å². The van der Waals surface area contributed by atoms with E-state index in [4.69, 9.17) is 0 Å². The normalized spacial score (nSPS) is 10.2. The molecule has 98 valence electrons. The highest BCUT2D eigenvalue weighted by atomic mass is 79.9. The first-order chi connectivity index (χ1) is 9.08. The van der Waals surface area contributed by atoms with E-state index in [0.717, 1.165) is 15.7 Å². The van der Waals surface area contributed by atoms with Crippen molar-refractivity contribution in [3.63, 3.8) is 0 Å². The minimum atomic E-state index is -0.397. The van der Waals surface area contributed by atoms with E-state index in [1.807, 2.05) is 30.3 Å². The van der Waals surface area contributed by atoms with Gasteiger partial charge in [-0.05, 0) is 55.6 Å². The first kappa shape index (κ1) is 14.0. The van der Waals surface area contributed by atoms with Crippen LogP contribution < -0.4 is 5.32 Å². The number of para-hydroxylation sites is 1. The van der Waals surface area contributed by atoms with Gasteiger partial charge in [0, 0.05) is 22.8 Å². The quantitative estimate of drug-likeness (QED) is 0.611. The van der Waals surface area contributed by atoms with Crippen LogP contribution in [0.25, 0.3) is 0 Å². The molecule has 4 nitrogen and oxygen atoms in total. The summed E-state index contributed by atoms with van der Waals surface area (Å²) < 4.78 is 1.45. The number of anilines is 1. The Balaban J connectivity index is 2.14. The van der Waals surface area contributed by atoms with Crippen LogP contribution in [0, 0.1) is 10.1 Å². The molecule has 0 unspecified atom stereocenters. The first-order valence-electron chi connectivity index (χ1n) is 5.49. The van der Waals surface area contributed by atoms with Crippen LogP contribution in [0.15, 0.2) is 51.4 Å². The highest BCUT2D eigenvalue weighted by Gasteiger charge is 2.12. The zero-order valence-corrected chi connectivity index (χ0v) is 12.9. The average molecular weight is 386 g/mol. The molecule has 0 aromatic heterocycles. The summed E-state index contributed by atoms with van der Waals surface area (Å²) in [6.45, 7) is 0.525. The Bertz CT molecular complexity index is 617. The summed E-state index contributed by atoms with van der Waals surface area (Å²) in [7, 11) is 0. The molecule has 2 aromatic rings. The lowest BCUT2D eigenvalue weighted by Gasteiger charge is -2.08. The zero-order valence-electron chi connectivity index (χ0n) is 9.77. The standard InChI is InChI=1S/C13H10Br2N2O2/c14-10-3-1-2-4-12(10)16-8-9-5-6-11(15)13(7-9)17(18)19/h1-7,16H,8H2. The number of benzene rings is 2. The number of nitrogens with one attached hydrogen (secondary N) is 1. The van der Waals surface area contributed by atoms with Crippen LogP contribution in [0.5, 0.6) is 0 Å². The van der Waals surface area contributed by atoms with Crippen LogP contribution >= 0.6 is 31.9 Å². The number of rotatable bonds is 4. The van der Waals surface area contributed by atoms with E-state index in [9.17, 15) is 10.1 Å². The molecule has 0 bridgehead atoms. The molecule has 2 aromatic carbocycles. The van der Waals surface area contributed by atoms with Crippen molar-refractivity contribution >= 4 is 43.2 Å². The fraction of sp³-hybridized carbons (Fsp3) is 0.0769. The van der Waals surface area contributed by atoms with Crippen molar-refractivity contribution in [2.75, 3.05) is 5.32 Å². The highest BCUT2D eigenvalue weighted by Crippen LogP contribution is 2.27. The minimum absolute atomic E-state index is 0.0754. The van der Waals surface area contributed by atoms with Crippen LogP contribution in [-0.2, 0) is 6.54 Å². The Morgan fingerprint density at radius 2 is 1.84 bits per heavy atom. The fourth-order valence-corrected chi connectivity index (χ4v) is 2.43. The molecule has 0 saturated heterocycles. The van der Waals surface area contributed by atoms with Gasteiger partial charge in [-0.1, -0.05) is 18.2 Å². The summed E-state index contributed by atoms with van der Waals surface area (Å²) >= 11 is 6.61. The Morgan fingerprint density at radius 1 is 1.11 bits per heavy atom. The van der Waals surface area contributed by atoms with E-state index < -0.39 is 4.92 Å². The Kier molecular flexibility index (Phi) is 4.55. The predicted molar refractivity (Wildman–Crippen MR) is 82.3 cm³/mol. The monoisotopic (exact) mass is 384 g/mol. The molecular formula is C13H10Br2N2O2. The second-order valence-corrected chi connectivity index (χ2v) is 5.58. The van der Waals surface area contributed by atoms with E-state index in [-0.39, 0.29) is 5.69 Å². The zero-order chi connectivity index (χ0) is 13.8. The second kappa shape index (κ2) is 6.16. The fourth-order valence-electron chi connectivity index (χ4n) is 1.61. The molecule has 1 N–H and O–H groups in total.